The Balaban J connectivity index is 2.91. The van der Waals surface area contributed by atoms with Crippen LogP contribution in [0.4, 0.5) is 0 Å². The van der Waals surface area contributed by atoms with Gasteiger partial charge >= 0.3 is 5.97 Å². The average molecular weight is 226 g/mol. The molecule has 0 aliphatic rings. The molecule has 0 aliphatic carbocycles. The molecule has 16 heavy (non-hydrogen) atoms. The normalized spacial score (nSPS) is 13.8. The second kappa shape index (κ2) is 4.25. The minimum atomic E-state index is -1.37. The number of carbonyl (C=O) groups is 1. The maximum Gasteiger partial charge on any atom is 0.332 e. The second-order valence-electron chi connectivity index (χ2n) is 4.95. The summed E-state index contributed by atoms with van der Waals surface area (Å²) in [6.45, 7) is 6.10. The van der Waals surface area contributed by atoms with E-state index in [1.165, 1.54) is 0 Å². The third-order valence-electron chi connectivity index (χ3n) is 2.43. The van der Waals surface area contributed by atoms with Crippen LogP contribution in [-0.4, -0.2) is 32.1 Å². The van der Waals surface area contributed by atoms with Crippen molar-refractivity contribution in [2.45, 2.75) is 38.7 Å². The molecule has 1 rings (SSSR count). The van der Waals surface area contributed by atoms with Crippen LogP contribution in [0.5, 0.6) is 0 Å². The molecule has 0 spiro atoms. The zero-order valence-corrected chi connectivity index (χ0v) is 10.1. The van der Waals surface area contributed by atoms with Gasteiger partial charge in [0.1, 0.15) is 0 Å². The molecule has 0 radical (unpaired) electrons. The Hall–Kier alpha value is -1.36. The number of aliphatic hydroxyl groups excluding tert-OH is 1. The summed E-state index contributed by atoms with van der Waals surface area (Å²) in [7, 11) is 1.75. The summed E-state index contributed by atoms with van der Waals surface area (Å²) in [5.74, 6) is -1.21. The highest BCUT2D eigenvalue weighted by Crippen LogP contribution is 2.21. The minimum absolute atomic E-state index is 0.0783. The number of aromatic nitrogens is 2. The lowest BCUT2D eigenvalue weighted by Crippen LogP contribution is -2.23. The number of hydrogen-bond donors (Lipinski definition) is 2. The molecule has 1 unspecified atom stereocenters. The average Bonchev–Trinajstić information content (AvgIpc) is 2.47. The summed E-state index contributed by atoms with van der Waals surface area (Å²) in [5.41, 5.74) is 1.53. The Morgan fingerprint density at radius 1 is 1.56 bits per heavy atom. The number of aliphatic carboxylic acids is 1. The number of aliphatic hydroxyl groups is 1. The molecule has 0 fully saturated rings. The van der Waals surface area contributed by atoms with Gasteiger partial charge in [-0.25, -0.2) is 4.79 Å². The van der Waals surface area contributed by atoms with E-state index >= 15 is 0 Å². The van der Waals surface area contributed by atoms with E-state index in [0.717, 1.165) is 11.4 Å². The maximum absolute atomic E-state index is 10.5. The molecule has 0 amide bonds. The standard InChI is InChI=1S/C11H18N2O3/c1-11(2,3)9-6-7(13(4)12-9)5-8(14)10(15)16/h6,8,14H,5H2,1-4H3,(H,15,16). The van der Waals surface area contributed by atoms with Crippen molar-refractivity contribution in [2.75, 3.05) is 0 Å². The minimum Gasteiger partial charge on any atom is -0.479 e. The summed E-state index contributed by atoms with van der Waals surface area (Å²) < 4.78 is 1.62. The maximum atomic E-state index is 10.5. The van der Waals surface area contributed by atoms with Gasteiger partial charge in [-0.3, -0.25) is 4.68 Å². The fraction of sp³-hybridized carbons (Fsp3) is 0.636. The Labute approximate surface area is 94.7 Å². The number of carboxylic acid groups (broad SMARTS) is 1. The summed E-state index contributed by atoms with van der Waals surface area (Å²) in [6.07, 6.45) is -1.29. The van der Waals surface area contributed by atoms with Crippen molar-refractivity contribution in [3.63, 3.8) is 0 Å². The lowest BCUT2D eigenvalue weighted by Gasteiger charge is -2.13. The van der Waals surface area contributed by atoms with Crippen LogP contribution in [0, 0.1) is 0 Å². The van der Waals surface area contributed by atoms with E-state index in [1.807, 2.05) is 26.8 Å². The van der Waals surface area contributed by atoms with E-state index in [1.54, 1.807) is 11.7 Å². The van der Waals surface area contributed by atoms with Crippen LogP contribution in [0.15, 0.2) is 6.07 Å². The van der Waals surface area contributed by atoms with Crippen molar-refractivity contribution >= 4 is 5.97 Å². The van der Waals surface area contributed by atoms with E-state index in [4.69, 9.17) is 5.11 Å². The molecule has 1 aromatic heterocycles. The predicted octanol–water partition coefficient (Wildman–Crippen LogP) is 0.706. The van der Waals surface area contributed by atoms with Gasteiger partial charge in [-0.05, 0) is 6.07 Å². The van der Waals surface area contributed by atoms with Crippen LogP contribution in [0.1, 0.15) is 32.2 Å². The smallest absolute Gasteiger partial charge is 0.332 e. The van der Waals surface area contributed by atoms with E-state index in [-0.39, 0.29) is 11.8 Å². The van der Waals surface area contributed by atoms with Gasteiger partial charge in [0.2, 0.25) is 0 Å². The molecular formula is C11H18N2O3. The highest BCUT2D eigenvalue weighted by molar-refractivity contribution is 5.72. The molecule has 2 N–H and O–H groups in total. The van der Waals surface area contributed by atoms with Gasteiger partial charge in [0, 0.05) is 24.6 Å². The third-order valence-corrected chi connectivity index (χ3v) is 2.43. The van der Waals surface area contributed by atoms with Crippen LogP contribution in [0.3, 0.4) is 0 Å². The monoisotopic (exact) mass is 226 g/mol. The fourth-order valence-electron chi connectivity index (χ4n) is 1.35. The lowest BCUT2D eigenvalue weighted by molar-refractivity contribution is -0.146. The van der Waals surface area contributed by atoms with E-state index in [9.17, 15) is 9.90 Å². The van der Waals surface area contributed by atoms with E-state index in [2.05, 4.69) is 5.10 Å². The Morgan fingerprint density at radius 3 is 2.50 bits per heavy atom. The van der Waals surface area contributed by atoms with Crippen molar-refractivity contribution in [1.29, 1.82) is 0 Å². The van der Waals surface area contributed by atoms with Crippen LogP contribution in [0.2, 0.25) is 0 Å². The number of hydrogen-bond acceptors (Lipinski definition) is 3. The quantitative estimate of drug-likeness (QED) is 0.795. The largest absolute Gasteiger partial charge is 0.479 e. The number of aryl methyl sites for hydroxylation is 1. The van der Waals surface area contributed by atoms with E-state index in [0.29, 0.717) is 0 Å². The van der Waals surface area contributed by atoms with Crippen LogP contribution >= 0.6 is 0 Å². The van der Waals surface area contributed by atoms with Crippen molar-refractivity contribution in [1.82, 2.24) is 9.78 Å². The third kappa shape index (κ3) is 2.82. The summed E-state index contributed by atoms with van der Waals surface area (Å²) in [4.78, 5) is 10.5. The topological polar surface area (TPSA) is 75.3 Å². The summed E-state index contributed by atoms with van der Waals surface area (Å²) >= 11 is 0. The molecule has 0 bridgehead atoms. The molecule has 5 heteroatoms. The van der Waals surface area contributed by atoms with Crippen LogP contribution in [-0.2, 0) is 23.7 Å². The molecule has 5 nitrogen and oxygen atoms in total. The fourth-order valence-corrected chi connectivity index (χ4v) is 1.35. The van der Waals surface area contributed by atoms with Gasteiger partial charge in [0.15, 0.2) is 6.10 Å². The Morgan fingerprint density at radius 2 is 2.12 bits per heavy atom. The molecule has 1 aromatic rings. The Kier molecular flexibility index (Phi) is 3.38. The number of carboxylic acids is 1. The Bertz CT molecular complexity index is 390. The van der Waals surface area contributed by atoms with Crippen LogP contribution in [0.25, 0.3) is 0 Å². The van der Waals surface area contributed by atoms with E-state index < -0.39 is 12.1 Å². The first-order chi connectivity index (χ1) is 7.21. The van der Waals surface area contributed by atoms with Gasteiger partial charge in [-0.1, -0.05) is 20.8 Å². The van der Waals surface area contributed by atoms with Crippen molar-refractivity contribution < 1.29 is 15.0 Å². The first-order valence-electron chi connectivity index (χ1n) is 5.16. The highest BCUT2D eigenvalue weighted by atomic mass is 16.4. The molecule has 1 atom stereocenters. The number of rotatable bonds is 3. The van der Waals surface area contributed by atoms with Gasteiger partial charge in [0.05, 0.1) is 5.69 Å². The molecular weight excluding hydrogens is 208 g/mol. The molecule has 1 heterocycles. The van der Waals surface area contributed by atoms with Crippen LogP contribution < -0.4 is 0 Å². The first kappa shape index (κ1) is 12.7. The predicted molar refractivity (Wildman–Crippen MR) is 59.3 cm³/mol. The molecule has 0 saturated heterocycles. The van der Waals surface area contributed by atoms with Crippen molar-refractivity contribution in [3.8, 4) is 0 Å². The highest BCUT2D eigenvalue weighted by Gasteiger charge is 2.21. The second-order valence-corrected chi connectivity index (χ2v) is 4.95. The molecule has 0 aromatic carbocycles. The van der Waals surface area contributed by atoms with Gasteiger partial charge in [-0.2, -0.15) is 5.10 Å². The zero-order chi connectivity index (χ0) is 12.5. The van der Waals surface area contributed by atoms with Gasteiger partial charge < -0.3 is 10.2 Å². The SMILES string of the molecule is Cn1nc(C(C)(C)C)cc1CC(O)C(=O)O. The first-order valence-corrected chi connectivity index (χ1v) is 5.16. The lowest BCUT2D eigenvalue weighted by atomic mass is 9.92. The summed E-state index contributed by atoms with van der Waals surface area (Å²) in [6, 6.07) is 1.84. The molecule has 90 valence electrons. The summed E-state index contributed by atoms with van der Waals surface area (Å²) in [5, 5.41) is 22.2. The van der Waals surface area contributed by atoms with Crippen molar-refractivity contribution in [2.24, 2.45) is 7.05 Å². The van der Waals surface area contributed by atoms with Gasteiger partial charge in [0.25, 0.3) is 0 Å². The molecule has 0 saturated carbocycles. The van der Waals surface area contributed by atoms with Gasteiger partial charge in [-0.15, -0.1) is 0 Å². The van der Waals surface area contributed by atoms with Crippen molar-refractivity contribution in [3.05, 3.63) is 17.5 Å². The zero-order valence-electron chi connectivity index (χ0n) is 10.1. The number of nitrogens with zero attached hydrogens (tertiary/aromatic N) is 2. The molecule has 0 aliphatic heterocycles.